The highest BCUT2D eigenvalue weighted by atomic mass is 35.5. The van der Waals surface area contributed by atoms with Crippen molar-refractivity contribution < 1.29 is 4.79 Å². The minimum absolute atomic E-state index is 0.207. The highest BCUT2D eigenvalue weighted by Crippen LogP contribution is 2.34. The number of carbonyl (C=O) groups excluding carboxylic acids is 1. The van der Waals surface area contributed by atoms with Crippen molar-refractivity contribution in [2.24, 2.45) is 11.1 Å². The van der Waals surface area contributed by atoms with Gasteiger partial charge in [0.1, 0.15) is 0 Å². The van der Waals surface area contributed by atoms with Crippen molar-refractivity contribution in [3.63, 3.8) is 0 Å². The number of nitrogens with two attached hydrogens (primary N) is 1. The van der Waals surface area contributed by atoms with E-state index in [2.05, 4.69) is 10.9 Å². The van der Waals surface area contributed by atoms with Crippen LogP contribution in [0.3, 0.4) is 0 Å². The van der Waals surface area contributed by atoms with Crippen molar-refractivity contribution in [1.29, 1.82) is 0 Å². The molecule has 13 heavy (non-hydrogen) atoms. The lowest BCUT2D eigenvalue weighted by atomic mass is 9.76. The number of primary amides is 1. The molecule has 1 rings (SSSR count). The Morgan fingerprint density at radius 1 is 1.85 bits per heavy atom. The maximum absolute atomic E-state index is 11.1. The van der Waals surface area contributed by atoms with Crippen LogP contribution in [-0.2, 0) is 4.79 Å². The summed E-state index contributed by atoms with van der Waals surface area (Å²) in [7, 11) is 0. The summed E-state index contributed by atoms with van der Waals surface area (Å²) < 4.78 is 0. The van der Waals surface area contributed by atoms with Crippen LogP contribution in [0.25, 0.3) is 0 Å². The monoisotopic (exact) mass is 202 g/mol. The number of rotatable bonds is 3. The molecule has 1 aliphatic rings. The fourth-order valence-electron chi connectivity index (χ4n) is 1.48. The largest absolute Gasteiger partial charge is 0.369 e. The van der Waals surface area contributed by atoms with Gasteiger partial charge in [-0.05, 0) is 31.0 Å². The lowest BCUT2D eigenvalue weighted by Gasteiger charge is -2.29. The highest BCUT2D eigenvalue weighted by molar-refractivity contribution is 6.13. The molecule has 4 heteroatoms. The van der Waals surface area contributed by atoms with E-state index in [1.807, 2.05) is 6.92 Å². The second-order valence-corrected chi connectivity index (χ2v) is 4.07. The van der Waals surface area contributed by atoms with Crippen LogP contribution in [0, 0.1) is 5.41 Å². The number of amides is 1. The molecule has 1 amide bonds. The van der Waals surface area contributed by atoms with Gasteiger partial charge in [0.15, 0.2) is 0 Å². The average Bonchev–Trinajstić information content (AvgIpc) is 2.09. The second-order valence-electron chi connectivity index (χ2n) is 3.80. The molecule has 1 aliphatic carbocycles. The number of halogens is 1. The van der Waals surface area contributed by atoms with Crippen LogP contribution in [0.4, 0.5) is 0 Å². The van der Waals surface area contributed by atoms with Crippen molar-refractivity contribution in [2.75, 3.05) is 6.54 Å². The van der Waals surface area contributed by atoms with E-state index in [9.17, 15) is 4.79 Å². The average molecular weight is 203 g/mol. The Bertz CT molecular complexity index is 240. The normalized spacial score (nSPS) is 28.3. The molecule has 0 radical (unpaired) electrons. The molecule has 0 bridgehead atoms. The van der Waals surface area contributed by atoms with E-state index >= 15 is 0 Å². The summed E-state index contributed by atoms with van der Waals surface area (Å²) in [4.78, 5) is 13.7. The van der Waals surface area contributed by atoms with Gasteiger partial charge in [0, 0.05) is 12.0 Å². The van der Waals surface area contributed by atoms with Gasteiger partial charge in [-0.15, -0.1) is 0 Å². The molecule has 74 valence electrons. The zero-order valence-electron chi connectivity index (χ0n) is 7.77. The third-order valence-electron chi connectivity index (χ3n) is 2.73. The first-order chi connectivity index (χ1) is 6.08. The molecule has 0 fully saturated rings. The van der Waals surface area contributed by atoms with Crippen molar-refractivity contribution in [1.82, 2.24) is 4.84 Å². The Kier molecular flexibility index (Phi) is 3.33. The van der Waals surface area contributed by atoms with Crippen LogP contribution in [0.5, 0.6) is 0 Å². The van der Waals surface area contributed by atoms with Gasteiger partial charge in [0.05, 0.1) is 0 Å². The van der Waals surface area contributed by atoms with E-state index in [1.165, 1.54) is 5.57 Å². The van der Waals surface area contributed by atoms with Gasteiger partial charge in [-0.3, -0.25) is 4.79 Å². The molecule has 0 aliphatic heterocycles. The summed E-state index contributed by atoms with van der Waals surface area (Å²) >= 11 is 5.39. The topological polar surface area (TPSA) is 55.1 Å². The highest BCUT2D eigenvalue weighted by Gasteiger charge is 2.32. The Morgan fingerprint density at radius 3 is 2.92 bits per heavy atom. The standard InChI is InChI=1S/C9H15ClN2O/c1-9(8(11)13)4-2-7(3-5-9)6-12-10/h2,12H,3-6H2,1H3,(H2,11,13). The van der Waals surface area contributed by atoms with Crippen molar-refractivity contribution >= 4 is 17.7 Å². The Labute approximate surface area is 83.4 Å². The van der Waals surface area contributed by atoms with E-state index < -0.39 is 0 Å². The van der Waals surface area contributed by atoms with Gasteiger partial charge in [-0.1, -0.05) is 18.6 Å². The minimum atomic E-state index is -0.351. The molecular weight excluding hydrogens is 188 g/mol. The van der Waals surface area contributed by atoms with Crippen LogP contribution in [0.15, 0.2) is 11.6 Å². The lowest BCUT2D eigenvalue weighted by Crippen LogP contribution is -2.35. The lowest BCUT2D eigenvalue weighted by molar-refractivity contribution is -0.127. The van der Waals surface area contributed by atoms with E-state index in [-0.39, 0.29) is 11.3 Å². The smallest absolute Gasteiger partial charge is 0.223 e. The second kappa shape index (κ2) is 4.11. The number of hydrogen-bond acceptors (Lipinski definition) is 2. The van der Waals surface area contributed by atoms with E-state index in [4.69, 9.17) is 17.5 Å². The van der Waals surface area contributed by atoms with Gasteiger partial charge in [-0.25, -0.2) is 4.84 Å². The molecule has 1 atom stereocenters. The zero-order chi connectivity index (χ0) is 9.90. The fraction of sp³-hybridized carbons (Fsp3) is 0.667. The molecule has 0 aromatic heterocycles. The number of allylic oxidation sites excluding steroid dienone is 1. The first kappa shape index (κ1) is 10.5. The molecule has 0 spiro atoms. The fourth-order valence-corrected chi connectivity index (χ4v) is 1.65. The Balaban J connectivity index is 2.59. The van der Waals surface area contributed by atoms with Crippen molar-refractivity contribution in [3.8, 4) is 0 Å². The summed E-state index contributed by atoms with van der Waals surface area (Å²) in [6.45, 7) is 2.60. The molecule has 0 saturated carbocycles. The predicted molar refractivity (Wildman–Crippen MR) is 53.1 cm³/mol. The zero-order valence-corrected chi connectivity index (χ0v) is 8.53. The molecule has 3 N–H and O–H groups in total. The van der Waals surface area contributed by atoms with Crippen LogP contribution >= 0.6 is 11.8 Å². The molecule has 0 saturated heterocycles. The molecule has 0 heterocycles. The number of hydrogen-bond donors (Lipinski definition) is 2. The molecular formula is C9H15ClN2O. The van der Waals surface area contributed by atoms with Gasteiger partial charge in [0.2, 0.25) is 5.91 Å². The Hall–Kier alpha value is -0.540. The van der Waals surface area contributed by atoms with Crippen LogP contribution < -0.4 is 10.6 Å². The maximum Gasteiger partial charge on any atom is 0.223 e. The van der Waals surface area contributed by atoms with Crippen molar-refractivity contribution in [2.45, 2.75) is 26.2 Å². The molecule has 0 aromatic carbocycles. The van der Waals surface area contributed by atoms with E-state index in [0.29, 0.717) is 6.54 Å². The van der Waals surface area contributed by atoms with Crippen LogP contribution in [0.1, 0.15) is 26.2 Å². The van der Waals surface area contributed by atoms with E-state index in [1.54, 1.807) is 0 Å². The summed E-state index contributed by atoms with van der Waals surface area (Å²) in [5.41, 5.74) is 6.22. The molecule has 0 aromatic rings. The van der Waals surface area contributed by atoms with Gasteiger partial charge in [-0.2, -0.15) is 0 Å². The van der Waals surface area contributed by atoms with Gasteiger partial charge < -0.3 is 5.73 Å². The minimum Gasteiger partial charge on any atom is -0.369 e. The summed E-state index contributed by atoms with van der Waals surface area (Å²) in [5, 5.41) is 0. The van der Waals surface area contributed by atoms with E-state index in [0.717, 1.165) is 19.3 Å². The first-order valence-electron chi connectivity index (χ1n) is 4.40. The quantitative estimate of drug-likeness (QED) is 0.536. The molecule has 1 unspecified atom stereocenters. The third kappa shape index (κ3) is 2.45. The first-order valence-corrected chi connectivity index (χ1v) is 4.77. The predicted octanol–water partition coefficient (Wildman–Crippen LogP) is 1.33. The van der Waals surface area contributed by atoms with Crippen molar-refractivity contribution in [3.05, 3.63) is 11.6 Å². The summed E-state index contributed by atoms with van der Waals surface area (Å²) in [6, 6.07) is 0. The summed E-state index contributed by atoms with van der Waals surface area (Å²) in [6.07, 6.45) is 4.52. The third-order valence-corrected chi connectivity index (χ3v) is 2.86. The number of carbonyl (C=O) groups is 1. The van der Waals surface area contributed by atoms with Crippen LogP contribution in [-0.4, -0.2) is 12.5 Å². The van der Waals surface area contributed by atoms with Crippen LogP contribution in [0.2, 0.25) is 0 Å². The SMILES string of the molecule is CC1(C(N)=O)CC=C(CNCl)CC1. The molecule has 3 nitrogen and oxygen atoms in total. The number of nitrogens with one attached hydrogen (secondary N) is 1. The summed E-state index contributed by atoms with van der Waals surface area (Å²) in [5.74, 6) is -0.207. The van der Waals surface area contributed by atoms with Gasteiger partial charge >= 0.3 is 0 Å². The van der Waals surface area contributed by atoms with Gasteiger partial charge in [0.25, 0.3) is 0 Å². The Morgan fingerprint density at radius 2 is 2.54 bits per heavy atom. The maximum atomic E-state index is 11.1.